The summed E-state index contributed by atoms with van der Waals surface area (Å²) in [5, 5.41) is 12.7. The number of ether oxygens (including phenoxy) is 1. The normalized spacial score (nSPS) is 10.1. The lowest BCUT2D eigenvalue weighted by atomic mass is 10.1. The summed E-state index contributed by atoms with van der Waals surface area (Å²) in [7, 11) is 1.59. The van der Waals surface area contributed by atoms with Crippen LogP contribution in [0, 0.1) is 0 Å². The van der Waals surface area contributed by atoms with Crippen LogP contribution in [-0.4, -0.2) is 18.2 Å². The van der Waals surface area contributed by atoms with Gasteiger partial charge in [-0.05, 0) is 29.8 Å². The molecule has 0 unspecified atom stereocenters. The zero-order valence-electron chi connectivity index (χ0n) is 10.9. The number of carbonyl (C=O) groups is 1. The zero-order chi connectivity index (χ0) is 14.5. The van der Waals surface area contributed by atoms with Crippen molar-refractivity contribution in [3.63, 3.8) is 0 Å². The molecule has 2 aromatic carbocycles. The Bertz CT molecular complexity index is 628. The van der Waals surface area contributed by atoms with Crippen molar-refractivity contribution >= 4 is 23.3 Å². The van der Waals surface area contributed by atoms with Crippen LogP contribution in [0.25, 0.3) is 0 Å². The van der Waals surface area contributed by atoms with Gasteiger partial charge in [-0.2, -0.15) is 0 Å². The summed E-state index contributed by atoms with van der Waals surface area (Å²) in [5.41, 5.74) is 1.87. The quantitative estimate of drug-likeness (QED) is 0.882. The van der Waals surface area contributed by atoms with Gasteiger partial charge < -0.3 is 15.2 Å². The molecule has 0 aliphatic carbocycles. The summed E-state index contributed by atoms with van der Waals surface area (Å²) in [5.74, 6) is -0.234. The Labute approximate surface area is 122 Å². The van der Waals surface area contributed by atoms with Crippen LogP contribution >= 0.6 is 11.6 Å². The van der Waals surface area contributed by atoms with E-state index in [1.165, 1.54) is 0 Å². The van der Waals surface area contributed by atoms with Gasteiger partial charge in [0.25, 0.3) is 0 Å². The van der Waals surface area contributed by atoms with E-state index in [-0.39, 0.29) is 5.56 Å². The summed E-state index contributed by atoms with van der Waals surface area (Å²) in [6.45, 7) is 0.480. The number of halogens is 1. The van der Waals surface area contributed by atoms with Gasteiger partial charge in [0, 0.05) is 12.6 Å². The number of carboxylic acids is 1. The maximum absolute atomic E-state index is 10.9. The van der Waals surface area contributed by atoms with Crippen LogP contribution in [0.3, 0.4) is 0 Å². The largest absolute Gasteiger partial charge is 0.497 e. The first kappa shape index (κ1) is 14.2. The van der Waals surface area contributed by atoms with Crippen molar-refractivity contribution in [3.8, 4) is 5.75 Å². The first-order chi connectivity index (χ1) is 9.60. The Morgan fingerprint density at radius 1 is 1.30 bits per heavy atom. The van der Waals surface area contributed by atoms with E-state index in [4.69, 9.17) is 21.4 Å². The highest BCUT2D eigenvalue weighted by Gasteiger charge is 2.05. The molecule has 0 radical (unpaired) electrons. The number of rotatable bonds is 5. The molecule has 0 saturated carbocycles. The predicted octanol–water partition coefficient (Wildman–Crippen LogP) is 3.66. The Morgan fingerprint density at radius 2 is 2.10 bits per heavy atom. The summed E-state index contributed by atoms with van der Waals surface area (Å²) in [6.07, 6.45) is 0. The molecule has 0 aliphatic rings. The molecule has 0 amide bonds. The Balaban J connectivity index is 2.12. The molecule has 0 spiro atoms. The van der Waals surface area contributed by atoms with Gasteiger partial charge in [-0.25, -0.2) is 4.79 Å². The monoisotopic (exact) mass is 291 g/mol. The van der Waals surface area contributed by atoms with Crippen molar-refractivity contribution in [3.05, 3.63) is 58.6 Å². The van der Waals surface area contributed by atoms with Crippen molar-refractivity contribution in [2.75, 3.05) is 12.4 Å². The van der Waals surface area contributed by atoms with Gasteiger partial charge in [0.15, 0.2) is 0 Å². The fraction of sp³-hybridized carbons (Fsp3) is 0.133. The molecule has 0 heterocycles. The lowest BCUT2D eigenvalue weighted by Crippen LogP contribution is -2.03. The number of methoxy groups -OCH3 is 1. The standard InChI is InChI=1S/C15H14ClNO3/c1-20-12-5-6-13(16)14(8-12)17-9-10-3-2-4-11(7-10)15(18)19/h2-8,17H,9H2,1H3,(H,18,19). The average Bonchev–Trinajstić information content (AvgIpc) is 2.46. The highest BCUT2D eigenvalue weighted by molar-refractivity contribution is 6.33. The Hall–Kier alpha value is -2.20. The molecule has 0 aromatic heterocycles. The first-order valence-electron chi connectivity index (χ1n) is 6.00. The van der Waals surface area contributed by atoms with Gasteiger partial charge in [-0.15, -0.1) is 0 Å². The van der Waals surface area contributed by atoms with Crippen LogP contribution in [0.2, 0.25) is 5.02 Å². The fourth-order valence-corrected chi connectivity index (χ4v) is 1.96. The van der Waals surface area contributed by atoms with E-state index in [0.29, 0.717) is 17.3 Å². The smallest absolute Gasteiger partial charge is 0.335 e. The fourth-order valence-electron chi connectivity index (χ4n) is 1.78. The molecular formula is C15H14ClNO3. The van der Waals surface area contributed by atoms with Crippen molar-refractivity contribution < 1.29 is 14.6 Å². The summed E-state index contributed by atoms with van der Waals surface area (Å²) in [6, 6.07) is 12.1. The third-order valence-corrected chi connectivity index (χ3v) is 3.16. The minimum atomic E-state index is -0.939. The molecule has 0 atom stereocenters. The van der Waals surface area contributed by atoms with E-state index in [9.17, 15) is 4.79 Å². The van der Waals surface area contributed by atoms with E-state index < -0.39 is 5.97 Å². The van der Waals surface area contributed by atoms with Crippen molar-refractivity contribution in [1.29, 1.82) is 0 Å². The van der Waals surface area contributed by atoms with Crippen molar-refractivity contribution in [2.45, 2.75) is 6.54 Å². The molecule has 0 fully saturated rings. The van der Waals surface area contributed by atoms with Crippen LogP contribution in [0.4, 0.5) is 5.69 Å². The SMILES string of the molecule is COc1ccc(Cl)c(NCc2cccc(C(=O)O)c2)c1. The molecule has 2 N–H and O–H groups in total. The molecule has 5 heteroatoms. The van der Waals surface area contributed by atoms with E-state index in [0.717, 1.165) is 11.3 Å². The highest BCUT2D eigenvalue weighted by atomic mass is 35.5. The summed E-state index contributed by atoms with van der Waals surface area (Å²) < 4.78 is 5.14. The number of hydrogen-bond acceptors (Lipinski definition) is 3. The number of benzene rings is 2. The number of anilines is 1. The molecule has 20 heavy (non-hydrogen) atoms. The Kier molecular flexibility index (Phi) is 4.48. The lowest BCUT2D eigenvalue weighted by molar-refractivity contribution is 0.0697. The van der Waals surface area contributed by atoms with Gasteiger partial charge >= 0.3 is 5.97 Å². The zero-order valence-corrected chi connectivity index (χ0v) is 11.6. The Morgan fingerprint density at radius 3 is 2.80 bits per heavy atom. The molecule has 0 saturated heterocycles. The molecule has 0 bridgehead atoms. The minimum Gasteiger partial charge on any atom is -0.497 e. The van der Waals surface area contributed by atoms with Gasteiger partial charge in [-0.3, -0.25) is 0 Å². The van der Waals surface area contributed by atoms with Gasteiger partial charge in [0.2, 0.25) is 0 Å². The van der Waals surface area contributed by atoms with Crippen LogP contribution in [0.1, 0.15) is 15.9 Å². The molecular weight excluding hydrogens is 278 g/mol. The third-order valence-electron chi connectivity index (χ3n) is 2.83. The summed E-state index contributed by atoms with van der Waals surface area (Å²) in [4.78, 5) is 10.9. The molecule has 4 nitrogen and oxygen atoms in total. The van der Waals surface area contributed by atoms with Crippen LogP contribution < -0.4 is 10.1 Å². The number of hydrogen-bond donors (Lipinski definition) is 2. The molecule has 0 aliphatic heterocycles. The van der Waals surface area contributed by atoms with Gasteiger partial charge in [0.1, 0.15) is 5.75 Å². The van der Waals surface area contributed by atoms with Crippen LogP contribution in [0.5, 0.6) is 5.75 Å². The number of aromatic carboxylic acids is 1. The molecule has 104 valence electrons. The topological polar surface area (TPSA) is 58.6 Å². The van der Waals surface area contributed by atoms with Gasteiger partial charge in [-0.1, -0.05) is 23.7 Å². The van der Waals surface area contributed by atoms with Crippen molar-refractivity contribution in [2.24, 2.45) is 0 Å². The van der Waals surface area contributed by atoms with Gasteiger partial charge in [0.05, 0.1) is 23.4 Å². The number of nitrogens with one attached hydrogen (secondary N) is 1. The number of carboxylic acid groups (broad SMARTS) is 1. The lowest BCUT2D eigenvalue weighted by Gasteiger charge is -2.10. The minimum absolute atomic E-state index is 0.265. The summed E-state index contributed by atoms with van der Waals surface area (Å²) >= 11 is 6.09. The average molecular weight is 292 g/mol. The maximum Gasteiger partial charge on any atom is 0.335 e. The van der Waals surface area contributed by atoms with Crippen molar-refractivity contribution in [1.82, 2.24) is 0 Å². The molecule has 2 aromatic rings. The second-order valence-electron chi connectivity index (χ2n) is 4.20. The van der Waals surface area contributed by atoms with E-state index in [1.807, 2.05) is 6.07 Å². The van der Waals surface area contributed by atoms with E-state index in [2.05, 4.69) is 5.32 Å². The molecule has 2 rings (SSSR count). The predicted molar refractivity (Wildman–Crippen MR) is 78.7 cm³/mol. The first-order valence-corrected chi connectivity index (χ1v) is 6.37. The second-order valence-corrected chi connectivity index (χ2v) is 4.61. The van der Waals surface area contributed by atoms with E-state index in [1.54, 1.807) is 43.5 Å². The van der Waals surface area contributed by atoms with Crippen LogP contribution in [0.15, 0.2) is 42.5 Å². The van der Waals surface area contributed by atoms with Crippen LogP contribution in [-0.2, 0) is 6.54 Å². The second kappa shape index (κ2) is 6.30. The maximum atomic E-state index is 10.9. The highest BCUT2D eigenvalue weighted by Crippen LogP contribution is 2.27. The third kappa shape index (κ3) is 3.42. The van der Waals surface area contributed by atoms with E-state index >= 15 is 0 Å².